The summed E-state index contributed by atoms with van der Waals surface area (Å²) in [7, 11) is -1.36. The number of nitrogens with one attached hydrogen (secondary N) is 2. The Hall–Kier alpha value is -0.620. The van der Waals surface area contributed by atoms with Gasteiger partial charge in [-0.25, -0.2) is 13.1 Å². The predicted octanol–water partition coefficient (Wildman–Crippen LogP) is 1.76. The summed E-state index contributed by atoms with van der Waals surface area (Å²) in [5.74, 6) is 0.152. The van der Waals surface area contributed by atoms with E-state index in [1.54, 1.807) is 6.07 Å². The zero-order valence-electron chi connectivity index (χ0n) is 10.4. The number of halogens is 1. The molecule has 0 heterocycles. The molecule has 0 fully saturated rings. The number of sulfonamides is 1. The van der Waals surface area contributed by atoms with Crippen LogP contribution in [0, 0.1) is 0 Å². The van der Waals surface area contributed by atoms with Crippen molar-refractivity contribution in [2.45, 2.75) is 19.4 Å². The molecule has 0 aliphatic rings. The van der Waals surface area contributed by atoms with Crippen LogP contribution in [0.1, 0.15) is 18.4 Å². The van der Waals surface area contributed by atoms with E-state index in [4.69, 9.17) is 11.6 Å². The second-order valence-electron chi connectivity index (χ2n) is 4.04. The molecule has 0 aromatic heterocycles. The molecule has 1 aromatic carbocycles. The zero-order valence-corrected chi connectivity index (χ0v) is 12.0. The van der Waals surface area contributed by atoms with E-state index in [0.717, 1.165) is 18.5 Å². The molecule has 0 radical (unpaired) electrons. The van der Waals surface area contributed by atoms with Gasteiger partial charge in [-0.3, -0.25) is 0 Å². The molecule has 0 aliphatic heterocycles. The highest BCUT2D eigenvalue weighted by Gasteiger charge is 2.10. The maximum Gasteiger partial charge on any atom is 0.211 e. The molecule has 0 amide bonds. The minimum absolute atomic E-state index is 0.152. The molecule has 0 aliphatic carbocycles. The lowest BCUT2D eigenvalue weighted by Crippen LogP contribution is -2.26. The van der Waals surface area contributed by atoms with Gasteiger partial charge >= 0.3 is 0 Å². The lowest BCUT2D eigenvalue weighted by Gasteiger charge is -2.07. The van der Waals surface area contributed by atoms with Crippen molar-refractivity contribution in [1.82, 2.24) is 10.0 Å². The lowest BCUT2D eigenvalue weighted by molar-refractivity contribution is 0.575. The fourth-order valence-electron chi connectivity index (χ4n) is 1.50. The minimum Gasteiger partial charge on any atom is -0.320 e. The monoisotopic (exact) mass is 290 g/mol. The lowest BCUT2D eigenvalue weighted by atomic mass is 10.2. The smallest absolute Gasteiger partial charge is 0.211 e. The van der Waals surface area contributed by atoms with Gasteiger partial charge in [0.05, 0.1) is 5.75 Å². The molecule has 0 saturated carbocycles. The Morgan fingerprint density at radius 3 is 2.61 bits per heavy atom. The molecular weight excluding hydrogens is 272 g/mol. The van der Waals surface area contributed by atoms with Crippen LogP contribution in [0.2, 0.25) is 5.02 Å². The first-order valence-electron chi connectivity index (χ1n) is 5.90. The van der Waals surface area contributed by atoms with E-state index in [1.807, 2.05) is 25.2 Å². The van der Waals surface area contributed by atoms with Crippen LogP contribution in [0.3, 0.4) is 0 Å². The standard InChI is InChI=1S/C12H19ClN2O2S/c1-14-8-4-5-9-18(16,17)15-10-11-6-2-3-7-12(11)13/h2-3,6-7,14-15H,4-5,8-10H2,1H3. The summed E-state index contributed by atoms with van der Waals surface area (Å²) in [6.45, 7) is 1.08. The van der Waals surface area contributed by atoms with Gasteiger partial charge in [0, 0.05) is 11.6 Å². The van der Waals surface area contributed by atoms with E-state index in [-0.39, 0.29) is 12.3 Å². The third-order valence-corrected chi connectivity index (χ3v) is 4.31. The minimum atomic E-state index is -3.21. The summed E-state index contributed by atoms with van der Waals surface area (Å²) in [6, 6.07) is 7.21. The van der Waals surface area contributed by atoms with Gasteiger partial charge in [0.1, 0.15) is 0 Å². The number of unbranched alkanes of at least 4 members (excludes halogenated alkanes) is 1. The quantitative estimate of drug-likeness (QED) is 0.717. The molecule has 2 N–H and O–H groups in total. The third-order valence-electron chi connectivity index (χ3n) is 2.53. The first-order valence-corrected chi connectivity index (χ1v) is 7.93. The molecule has 6 heteroatoms. The highest BCUT2D eigenvalue weighted by Crippen LogP contribution is 2.14. The number of hydrogen-bond acceptors (Lipinski definition) is 3. The van der Waals surface area contributed by atoms with E-state index >= 15 is 0 Å². The SMILES string of the molecule is CNCCCCS(=O)(=O)NCc1ccccc1Cl. The second kappa shape index (κ2) is 7.74. The maximum absolute atomic E-state index is 11.7. The molecule has 4 nitrogen and oxygen atoms in total. The Labute approximate surface area is 114 Å². The Kier molecular flexibility index (Phi) is 6.63. The molecule has 18 heavy (non-hydrogen) atoms. The van der Waals surface area contributed by atoms with Crippen molar-refractivity contribution < 1.29 is 8.42 Å². The fraction of sp³-hybridized carbons (Fsp3) is 0.500. The van der Waals surface area contributed by atoms with Crippen LogP contribution in [-0.2, 0) is 16.6 Å². The van der Waals surface area contributed by atoms with Crippen LogP contribution in [0.15, 0.2) is 24.3 Å². The summed E-state index contributed by atoms with van der Waals surface area (Å²) in [5, 5.41) is 3.57. The number of hydrogen-bond donors (Lipinski definition) is 2. The molecule has 0 spiro atoms. The van der Waals surface area contributed by atoms with Crippen LogP contribution < -0.4 is 10.0 Å². The maximum atomic E-state index is 11.7. The molecular formula is C12H19ClN2O2S. The van der Waals surface area contributed by atoms with Gasteiger partial charge in [-0.05, 0) is 38.1 Å². The van der Waals surface area contributed by atoms with E-state index in [1.165, 1.54) is 0 Å². The van der Waals surface area contributed by atoms with Crippen molar-refractivity contribution in [1.29, 1.82) is 0 Å². The van der Waals surface area contributed by atoms with Crippen LogP contribution >= 0.6 is 11.6 Å². The average molecular weight is 291 g/mol. The van der Waals surface area contributed by atoms with Crippen molar-refractivity contribution >= 4 is 21.6 Å². The fourth-order valence-corrected chi connectivity index (χ4v) is 2.80. The topological polar surface area (TPSA) is 58.2 Å². The van der Waals surface area contributed by atoms with Gasteiger partial charge in [0.2, 0.25) is 10.0 Å². The van der Waals surface area contributed by atoms with Gasteiger partial charge in [0.15, 0.2) is 0 Å². The van der Waals surface area contributed by atoms with Crippen LogP contribution in [-0.4, -0.2) is 27.8 Å². The largest absolute Gasteiger partial charge is 0.320 e. The third kappa shape index (κ3) is 5.82. The van der Waals surface area contributed by atoms with E-state index in [0.29, 0.717) is 11.4 Å². The Morgan fingerprint density at radius 2 is 1.94 bits per heavy atom. The van der Waals surface area contributed by atoms with Crippen LogP contribution in [0.25, 0.3) is 0 Å². The average Bonchev–Trinajstić information content (AvgIpc) is 2.34. The van der Waals surface area contributed by atoms with Crippen LogP contribution in [0.4, 0.5) is 0 Å². The predicted molar refractivity (Wildman–Crippen MR) is 75.2 cm³/mol. The summed E-state index contributed by atoms with van der Waals surface area (Å²) in [6.07, 6.45) is 1.50. The van der Waals surface area contributed by atoms with Gasteiger partial charge in [-0.2, -0.15) is 0 Å². The van der Waals surface area contributed by atoms with Gasteiger partial charge in [-0.1, -0.05) is 29.8 Å². The van der Waals surface area contributed by atoms with Crippen molar-refractivity contribution in [3.8, 4) is 0 Å². The second-order valence-corrected chi connectivity index (χ2v) is 6.38. The van der Waals surface area contributed by atoms with E-state index in [9.17, 15) is 8.42 Å². The molecule has 0 atom stereocenters. The molecule has 0 bridgehead atoms. The Morgan fingerprint density at radius 1 is 1.22 bits per heavy atom. The summed E-state index contributed by atoms with van der Waals surface area (Å²) in [4.78, 5) is 0. The highest BCUT2D eigenvalue weighted by molar-refractivity contribution is 7.89. The number of rotatable bonds is 8. The van der Waals surface area contributed by atoms with Crippen molar-refractivity contribution in [2.24, 2.45) is 0 Å². The van der Waals surface area contributed by atoms with Crippen molar-refractivity contribution in [3.63, 3.8) is 0 Å². The molecule has 0 unspecified atom stereocenters. The summed E-state index contributed by atoms with van der Waals surface area (Å²) >= 11 is 5.96. The first kappa shape index (κ1) is 15.4. The normalized spacial score (nSPS) is 11.7. The summed E-state index contributed by atoms with van der Waals surface area (Å²) < 4.78 is 26.0. The Balaban J connectivity index is 2.40. The molecule has 0 saturated heterocycles. The number of benzene rings is 1. The summed E-state index contributed by atoms with van der Waals surface area (Å²) in [5.41, 5.74) is 0.790. The van der Waals surface area contributed by atoms with Gasteiger partial charge in [0.25, 0.3) is 0 Å². The molecule has 1 rings (SSSR count). The van der Waals surface area contributed by atoms with Gasteiger partial charge in [-0.15, -0.1) is 0 Å². The van der Waals surface area contributed by atoms with Crippen molar-refractivity contribution in [3.05, 3.63) is 34.9 Å². The van der Waals surface area contributed by atoms with Crippen LogP contribution in [0.5, 0.6) is 0 Å². The van der Waals surface area contributed by atoms with E-state index in [2.05, 4.69) is 10.0 Å². The van der Waals surface area contributed by atoms with E-state index < -0.39 is 10.0 Å². The first-order chi connectivity index (χ1) is 8.55. The van der Waals surface area contributed by atoms with Crippen molar-refractivity contribution in [2.75, 3.05) is 19.3 Å². The van der Waals surface area contributed by atoms with Gasteiger partial charge < -0.3 is 5.32 Å². The highest BCUT2D eigenvalue weighted by atomic mass is 35.5. The molecule has 1 aromatic rings. The zero-order chi connectivity index (χ0) is 13.4. The Bertz CT molecular complexity index is 463. The molecule has 102 valence electrons.